The van der Waals surface area contributed by atoms with E-state index in [1.807, 2.05) is 17.0 Å². The van der Waals surface area contributed by atoms with Crippen LogP contribution in [0.3, 0.4) is 0 Å². The molecule has 0 spiro atoms. The normalized spacial score (nSPS) is 15.5. The van der Waals surface area contributed by atoms with Crippen LogP contribution in [-0.4, -0.2) is 74.7 Å². The summed E-state index contributed by atoms with van der Waals surface area (Å²) in [6.45, 7) is 4.88. The minimum Gasteiger partial charge on any atom is -0.382 e. The van der Waals surface area contributed by atoms with Crippen molar-refractivity contribution < 1.29 is 19.1 Å². The minimum absolute atomic E-state index is 0.0246. The number of nitrogens with zero attached hydrogens (tertiary/aromatic N) is 2. The first-order valence-electron chi connectivity index (χ1n) is 8.05. The molecule has 7 nitrogen and oxygen atoms in total. The lowest BCUT2D eigenvalue weighted by Gasteiger charge is -2.34. The van der Waals surface area contributed by atoms with Gasteiger partial charge in [-0.15, -0.1) is 0 Å². The zero-order valence-corrected chi connectivity index (χ0v) is 14.1. The highest BCUT2D eigenvalue weighted by atomic mass is 16.5. The molecular weight excluding hydrogens is 310 g/mol. The number of hydrogen-bond donors (Lipinski definition) is 1. The van der Waals surface area contributed by atoms with Gasteiger partial charge >= 0.3 is 0 Å². The molecule has 0 radical (unpaired) electrons. The molecule has 0 aliphatic carbocycles. The van der Waals surface area contributed by atoms with Gasteiger partial charge in [-0.2, -0.15) is 0 Å². The van der Waals surface area contributed by atoms with E-state index in [4.69, 9.17) is 15.2 Å². The molecule has 1 heterocycles. The lowest BCUT2D eigenvalue weighted by atomic mass is 10.1. The Balaban J connectivity index is 1.72. The van der Waals surface area contributed by atoms with Crippen molar-refractivity contribution in [3.8, 4) is 0 Å². The molecule has 0 unspecified atom stereocenters. The second kappa shape index (κ2) is 9.36. The summed E-state index contributed by atoms with van der Waals surface area (Å²) in [5, 5.41) is 0. The first-order chi connectivity index (χ1) is 11.6. The number of piperazine rings is 1. The van der Waals surface area contributed by atoms with Crippen LogP contribution in [-0.2, 0) is 20.8 Å². The number of nitrogens with two attached hydrogens (primary N) is 1. The molecule has 132 valence electrons. The number of carbonyl (C=O) groups excluding carboxylic acids is 2. The maximum Gasteiger partial charge on any atom is 0.248 e. The van der Waals surface area contributed by atoms with Gasteiger partial charge in [-0.25, -0.2) is 0 Å². The topological polar surface area (TPSA) is 85.1 Å². The smallest absolute Gasteiger partial charge is 0.248 e. The van der Waals surface area contributed by atoms with E-state index in [-0.39, 0.29) is 12.5 Å². The molecule has 1 aromatic carbocycles. The predicted octanol–water partition coefficient (Wildman–Crippen LogP) is 0.0927. The lowest BCUT2D eigenvalue weighted by molar-refractivity contribution is -0.138. The van der Waals surface area contributed by atoms with Crippen molar-refractivity contribution in [3.05, 3.63) is 35.4 Å². The highest BCUT2D eigenvalue weighted by molar-refractivity contribution is 5.92. The number of rotatable bonds is 8. The molecule has 1 fully saturated rings. The van der Waals surface area contributed by atoms with Crippen LogP contribution in [0.2, 0.25) is 0 Å². The van der Waals surface area contributed by atoms with E-state index in [0.29, 0.717) is 31.9 Å². The summed E-state index contributed by atoms with van der Waals surface area (Å²) in [5.74, 6) is -0.391. The SMILES string of the molecule is COCCOCC(=O)N1CCN(Cc2ccc(C(N)=O)cc2)CC1. The second-order valence-corrected chi connectivity index (χ2v) is 5.76. The van der Waals surface area contributed by atoms with Gasteiger partial charge < -0.3 is 20.1 Å². The maximum absolute atomic E-state index is 12.0. The van der Waals surface area contributed by atoms with E-state index in [0.717, 1.165) is 25.2 Å². The highest BCUT2D eigenvalue weighted by Crippen LogP contribution is 2.10. The van der Waals surface area contributed by atoms with Gasteiger partial charge in [0.25, 0.3) is 0 Å². The van der Waals surface area contributed by atoms with E-state index in [1.165, 1.54) is 0 Å². The van der Waals surface area contributed by atoms with Crippen molar-refractivity contribution in [3.63, 3.8) is 0 Å². The van der Waals surface area contributed by atoms with E-state index in [2.05, 4.69) is 4.90 Å². The quantitative estimate of drug-likeness (QED) is 0.681. The minimum atomic E-state index is -0.415. The molecular formula is C17H25N3O4. The Morgan fingerprint density at radius 2 is 1.75 bits per heavy atom. The zero-order valence-electron chi connectivity index (χ0n) is 14.1. The largest absolute Gasteiger partial charge is 0.382 e. The molecule has 2 N–H and O–H groups in total. The summed E-state index contributed by atoms with van der Waals surface area (Å²) in [6, 6.07) is 7.33. The number of primary amides is 1. The van der Waals surface area contributed by atoms with Crippen molar-refractivity contribution in [2.75, 3.05) is 53.1 Å². The summed E-state index contributed by atoms with van der Waals surface area (Å²) in [7, 11) is 1.60. The molecule has 24 heavy (non-hydrogen) atoms. The van der Waals surface area contributed by atoms with Crippen molar-refractivity contribution in [1.29, 1.82) is 0 Å². The van der Waals surface area contributed by atoms with E-state index >= 15 is 0 Å². The Bertz CT molecular complexity index is 539. The molecule has 1 saturated heterocycles. The fourth-order valence-electron chi connectivity index (χ4n) is 2.58. The number of amides is 2. The van der Waals surface area contributed by atoms with Crippen LogP contribution in [0.25, 0.3) is 0 Å². The van der Waals surface area contributed by atoms with E-state index < -0.39 is 5.91 Å². The van der Waals surface area contributed by atoms with E-state index in [9.17, 15) is 9.59 Å². The summed E-state index contributed by atoms with van der Waals surface area (Å²) >= 11 is 0. The summed E-state index contributed by atoms with van der Waals surface area (Å²) in [4.78, 5) is 27.2. The van der Waals surface area contributed by atoms with Gasteiger partial charge in [-0.05, 0) is 17.7 Å². The number of hydrogen-bond acceptors (Lipinski definition) is 5. The monoisotopic (exact) mass is 335 g/mol. The van der Waals surface area contributed by atoms with Crippen molar-refractivity contribution in [2.24, 2.45) is 5.73 Å². The molecule has 1 aromatic rings. The fourth-order valence-corrected chi connectivity index (χ4v) is 2.58. The fraction of sp³-hybridized carbons (Fsp3) is 0.529. The van der Waals surface area contributed by atoms with E-state index in [1.54, 1.807) is 19.2 Å². The second-order valence-electron chi connectivity index (χ2n) is 5.76. The van der Waals surface area contributed by atoms with Crippen molar-refractivity contribution in [1.82, 2.24) is 9.80 Å². The Kier molecular flexibility index (Phi) is 7.17. The van der Waals surface area contributed by atoms with Crippen LogP contribution in [0.15, 0.2) is 24.3 Å². The first kappa shape index (κ1) is 18.4. The highest BCUT2D eigenvalue weighted by Gasteiger charge is 2.21. The number of ether oxygens (including phenoxy) is 2. The van der Waals surface area contributed by atoms with Gasteiger partial charge in [0, 0.05) is 45.4 Å². The van der Waals surface area contributed by atoms with Gasteiger partial charge in [0.05, 0.1) is 13.2 Å². The lowest BCUT2D eigenvalue weighted by Crippen LogP contribution is -2.49. The molecule has 0 saturated carbocycles. The molecule has 2 amide bonds. The average Bonchev–Trinajstić information content (AvgIpc) is 2.59. The van der Waals surface area contributed by atoms with Crippen LogP contribution in [0.1, 0.15) is 15.9 Å². The van der Waals surface area contributed by atoms with Gasteiger partial charge in [0.15, 0.2) is 0 Å². The Labute approximate surface area is 142 Å². The Hall–Kier alpha value is -1.96. The Morgan fingerprint density at radius 3 is 2.33 bits per heavy atom. The van der Waals surface area contributed by atoms with Crippen LogP contribution in [0, 0.1) is 0 Å². The standard InChI is InChI=1S/C17H25N3O4/c1-23-10-11-24-13-16(21)20-8-6-19(7-9-20)12-14-2-4-15(5-3-14)17(18)22/h2-5H,6-13H2,1H3,(H2,18,22). The van der Waals surface area contributed by atoms with Crippen molar-refractivity contribution in [2.45, 2.75) is 6.54 Å². The summed E-state index contributed by atoms with van der Waals surface area (Å²) in [5.41, 5.74) is 6.88. The van der Waals surface area contributed by atoms with Crippen LogP contribution in [0.4, 0.5) is 0 Å². The third-order valence-corrected chi connectivity index (χ3v) is 4.03. The zero-order chi connectivity index (χ0) is 17.4. The molecule has 7 heteroatoms. The summed E-state index contributed by atoms with van der Waals surface area (Å²) in [6.07, 6.45) is 0. The van der Waals surface area contributed by atoms with Gasteiger partial charge in [-0.3, -0.25) is 14.5 Å². The first-order valence-corrected chi connectivity index (χ1v) is 8.05. The Morgan fingerprint density at radius 1 is 1.08 bits per heavy atom. The molecule has 0 bridgehead atoms. The van der Waals surface area contributed by atoms with Gasteiger partial charge in [-0.1, -0.05) is 12.1 Å². The average molecular weight is 335 g/mol. The predicted molar refractivity (Wildman–Crippen MR) is 89.5 cm³/mol. The maximum atomic E-state index is 12.0. The molecule has 2 rings (SSSR count). The van der Waals surface area contributed by atoms with Crippen LogP contribution >= 0.6 is 0 Å². The number of carbonyl (C=O) groups is 2. The third kappa shape index (κ3) is 5.59. The molecule has 1 aliphatic rings. The molecule has 0 aromatic heterocycles. The van der Waals surface area contributed by atoms with Crippen molar-refractivity contribution >= 4 is 11.8 Å². The van der Waals surface area contributed by atoms with Crippen LogP contribution in [0.5, 0.6) is 0 Å². The van der Waals surface area contributed by atoms with Crippen LogP contribution < -0.4 is 5.73 Å². The molecule has 0 atom stereocenters. The number of methoxy groups -OCH3 is 1. The summed E-state index contributed by atoms with van der Waals surface area (Å²) < 4.78 is 10.2. The molecule has 1 aliphatic heterocycles. The van der Waals surface area contributed by atoms with Gasteiger partial charge in [0.2, 0.25) is 11.8 Å². The number of benzene rings is 1. The van der Waals surface area contributed by atoms with Gasteiger partial charge in [0.1, 0.15) is 6.61 Å². The third-order valence-electron chi connectivity index (χ3n) is 4.03.